The van der Waals surface area contributed by atoms with E-state index in [9.17, 15) is 9.59 Å². The van der Waals surface area contributed by atoms with Crippen molar-refractivity contribution < 1.29 is 19.4 Å². The van der Waals surface area contributed by atoms with E-state index in [2.05, 4.69) is 6.58 Å². The van der Waals surface area contributed by atoms with Gasteiger partial charge in [0.2, 0.25) is 5.91 Å². The lowest BCUT2D eigenvalue weighted by molar-refractivity contribution is -0.143. The number of carboxylic acids is 1. The molecular weight excluding hydrogens is 230 g/mol. The summed E-state index contributed by atoms with van der Waals surface area (Å²) in [7, 11) is 1.51. The van der Waals surface area contributed by atoms with Crippen molar-refractivity contribution in [3.8, 4) is 0 Å². The molecule has 0 aliphatic heterocycles. The standard InChI is InChI=1S/C10H17NO4S/c1-3-6-16-8-9(12)11(4-5-15-2)7-10(13)14/h3H,1,4-8H2,2H3,(H,13,14). The highest BCUT2D eigenvalue weighted by Crippen LogP contribution is 2.02. The zero-order valence-corrected chi connectivity index (χ0v) is 10.2. The minimum Gasteiger partial charge on any atom is -0.480 e. The number of thioether (sulfide) groups is 1. The van der Waals surface area contributed by atoms with Gasteiger partial charge in [-0.3, -0.25) is 9.59 Å². The topological polar surface area (TPSA) is 66.8 Å². The Labute approximate surface area is 99.4 Å². The van der Waals surface area contributed by atoms with Gasteiger partial charge in [-0.15, -0.1) is 18.3 Å². The summed E-state index contributed by atoms with van der Waals surface area (Å²) in [5.41, 5.74) is 0. The van der Waals surface area contributed by atoms with E-state index in [-0.39, 0.29) is 18.2 Å². The largest absolute Gasteiger partial charge is 0.480 e. The normalized spacial score (nSPS) is 9.81. The molecule has 0 fully saturated rings. The Bertz CT molecular complexity index is 245. The maximum absolute atomic E-state index is 11.6. The number of nitrogens with zero attached hydrogens (tertiary/aromatic N) is 1. The first-order chi connectivity index (χ1) is 7.61. The molecule has 1 N–H and O–H groups in total. The number of amides is 1. The number of carboxylic acid groups (broad SMARTS) is 1. The van der Waals surface area contributed by atoms with Crippen molar-refractivity contribution in [1.82, 2.24) is 4.90 Å². The van der Waals surface area contributed by atoms with Crippen molar-refractivity contribution in [3.05, 3.63) is 12.7 Å². The number of carbonyl (C=O) groups excluding carboxylic acids is 1. The summed E-state index contributed by atoms with van der Waals surface area (Å²) in [6.07, 6.45) is 1.70. The quantitative estimate of drug-likeness (QED) is 0.474. The first-order valence-corrected chi connectivity index (χ1v) is 5.94. The number of hydrogen-bond donors (Lipinski definition) is 1. The Morgan fingerprint density at radius 2 is 2.25 bits per heavy atom. The molecule has 0 heterocycles. The fourth-order valence-corrected chi connectivity index (χ4v) is 1.62. The van der Waals surface area contributed by atoms with E-state index in [1.165, 1.54) is 23.8 Å². The number of hydrogen-bond acceptors (Lipinski definition) is 4. The lowest BCUT2D eigenvalue weighted by atomic mass is 10.4. The molecule has 0 aromatic rings. The van der Waals surface area contributed by atoms with Crippen molar-refractivity contribution in [2.45, 2.75) is 0 Å². The fraction of sp³-hybridized carbons (Fsp3) is 0.600. The molecule has 1 amide bonds. The zero-order valence-electron chi connectivity index (χ0n) is 9.35. The molecule has 0 rings (SSSR count). The maximum Gasteiger partial charge on any atom is 0.323 e. The summed E-state index contributed by atoms with van der Waals surface area (Å²) >= 11 is 1.41. The number of aliphatic carboxylic acids is 1. The molecule has 0 radical (unpaired) electrons. The zero-order chi connectivity index (χ0) is 12.4. The third kappa shape index (κ3) is 7.30. The van der Waals surface area contributed by atoms with E-state index in [1.54, 1.807) is 6.08 Å². The van der Waals surface area contributed by atoms with Gasteiger partial charge in [0.15, 0.2) is 0 Å². The smallest absolute Gasteiger partial charge is 0.323 e. The Morgan fingerprint density at radius 1 is 1.56 bits per heavy atom. The first-order valence-electron chi connectivity index (χ1n) is 4.79. The second-order valence-electron chi connectivity index (χ2n) is 3.01. The molecule has 0 saturated carbocycles. The van der Waals surface area contributed by atoms with Crippen molar-refractivity contribution in [2.24, 2.45) is 0 Å². The third-order valence-electron chi connectivity index (χ3n) is 1.71. The minimum absolute atomic E-state index is 0.189. The van der Waals surface area contributed by atoms with Crippen LogP contribution in [0.1, 0.15) is 0 Å². The highest BCUT2D eigenvalue weighted by atomic mass is 32.2. The van der Waals surface area contributed by atoms with Gasteiger partial charge < -0.3 is 14.7 Å². The molecule has 0 aromatic carbocycles. The van der Waals surface area contributed by atoms with E-state index < -0.39 is 5.97 Å². The van der Waals surface area contributed by atoms with Crippen LogP contribution in [0.4, 0.5) is 0 Å². The van der Waals surface area contributed by atoms with E-state index >= 15 is 0 Å². The molecule has 0 aliphatic rings. The molecule has 0 unspecified atom stereocenters. The average molecular weight is 247 g/mol. The summed E-state index contributed by atoms with van der Waals surface area (Å²) in [6.45, 7) is 3.90. The number of rotatable bonds is 9. The van der Waals surface area contributed by atoms with Crippen molar-refractivity contribution >= 4 is 23.6 Å². The molecule has 16 heavy (non-hydrogen) atoms. The van der Waals surface area contributed by atoms with Crippen LogP contribution in [-0.4, -0.2) is 60.2 Å². The number of methoxy groups -OCH3 is 1. The van der Waals surface area contributed by atoms with Gasteiger partial charge in [-0.2, -0.15) is 0 Å². The number of carbonyl (C=O) groups is 2. The van der Waals surface area contributed by atoms with Crippen LogP contribution in [0.2, 0.25) is 0 Å². The van der Waals surface area contributed by atoms with Gasteiger partial charge in [0.05, 0.1) is 12.4 Å². The van der Waals surface area contributed by atoms with Gasteiger partial charge >= 0.3 is 5.97 Å². The Kier molecular flexibility index (Phi) is 8.65. The van der Waals surface area contributed by atoms with Crippen LogP contribution in [-0.2, 0) is 14.3 Å². The summed E-state index contributed by atoms with van der Waals surface area (Å²) in [5.74, 6) is -0.260. The Morgan fingerprint density at radius 3 is 2.75 bits per heavy atom. The van der Waals surface area contributed by atoms with Crippen molar-refractivity contribution in [1.29, 1.82) is 0 Å². The maximum atomic E-state index is 11.6. The molecule has 0 aromatic heterocycles. The van der Waals surface area contributed by atoms with Gasteiger partial charge in [0, 0.05) is 19.4 Å². The first kappa shape index (κ1) is 15.0. The van der Waals surface area contributed by atoms with Crippen molar-refractivity contribution in [2.75, 3.05) is 38.3 Å². The predicted octanol–water partition coefficient (Wildman–Crippen LogP) is 0.465. The summed E-state index contributed by atoms with van der Waals surface area (Å²) in [4.78, 5) is 23.4. The van der Waals surface area contributed by atoms with Gasteiger partial charge in [0.25, 0.3) is 0 Å². The lowest BCUT2D eigenvalue weighted by Gasteiger charge is -2.19. The molecular formula is C10H17NO4S. The van der Waals surface area contributed by atoms with Gasteiger partial charge in [0.1, 0.15) is 6.54 Å². The van der Waals surface area contributed by atoms with Crippen LogP contribution in [0.3, 0.4) is 0 Å². The van der Waals surface area contributed by atoms with E-state index in [0.717, 1.165) is 0 Å². The minimum atomic E-state index is -1.02. The Balaban J connectivity index is 4.08. The Hall–Kier alpha value is -1.01. The predicted molar refractivity (Wildman–Crippen MR) is 63.6 cm³/mol. The fourth-order valence-electron chi connectivity index (χ4n) is 0.978. The van der Waals surface area contributed by atoms with Gasteiger partial charge in [-0.05, 0) is 0 Å². The van der Waals surface area contributed by atoms with Gasteiger partial charge in [-0.25, -0.2) is 0 Å². The molecule has 0 atom stereocenters. The highest BCUT2D eigenvalue weighted by Gasteiger charge is 2.15. The van der Waals surface area contributed by atoms with Crippen LogP contribution in [0.15, 0.2) is 12.7 Å². The highest BCUT2D eigenvalue weighted by molar-refractivity contribution is 8.00. The molecule has 92 valence electrons. The van der Waals surface area contributed by atoms with E-state index in [4.69, 9.17) is 9.84 Å². The SMILES string of the molecule is C=CCSCC(=O)N(CCOC)CC(=O)O. The van der Waals surface area contributed by atoms with Crippen LogP contribution in [0, 0.1) is 0 Å². The molecule has 0 saturated heterocycles. The summed E-state index contributed by atoms with van der Waals surface area (Å²) in [5, 5.41) is 8.65. The lowest BCUT2D eigenvalue weighted by Crippen LogP contribution is -2.39. The number of ether oxygens (including phenoxy) is 1. The van der Waals surface area contributed by atoms with Gasteiger partial charge in [-0.1, -0.05) is 6.08 Å². The monoisotopic (exact) mass is 247 g/mol. The van der Waals surface area contributed by atoms with E-state index in [1.807, 2.05) is 0 Å². The molecule has 5 nitrogen and oxygen atoms in total. The second kappa shape index (κ2) is 9.23. The van der Waals surface area contributed by atoms with Crippen LogP contribution >= 0.6 is 11.8 Å². The third-order valence-corrected chi connectivity index (χ3v) is 2.63. The van der Waals surface area contributed by atoms with Crippen LogP contribution in [0.25, 0.3) is 0 Å². The molecule has 6 heteroatoms. The molecule has 0 bridgehead atoms. The summed E-state index contributed by atoms with van der Waals surface area (Å²) < 4.78 is 4.82. The molecule has 0 aliphatic carbocycles. The molecule has 0 spiro atoms. The van der Waals surface area contributed by atoms with Crippen molar-refractivity contribution in [3.63, 3.8) is 0 Å². The average Bonchev–Trinajstić information content (AvgIpc) is 2.23. The van der Waals surface area contributed by atoms with Crippen LogP contribution < -0.4 is 0 Å². The van der Waals surface area contributed by atoms with Crippen LogP contribution in [0.5, 0.6) is 0 Å². The summed E-state index contributed by atoms with van der Waals surface area (Å²) in [6, 6.07) is 0. The second-order valence-corrected chi connectivity index (χ2v) is 4.04. The van der Waals surface area contributed by atoms with E-state index in [0.29, 0.717) is 18.9 Å².